The van der Waals surface area contributed by atoms with E-state index >= 15 is 0 Å². The molecule has 2 fully saturated rings. The molecule has 2 amide bonds. The molecule has 0 radical (unpaired) electrons. The van der Waals surface area contributed by atoms with E-state index in [0.29, 0.717) is 26.2 Å². The van der Waals surface area contributed by atoms with Crippen molar-refractivity contribution in [1.29, 1.82) is 0 Å². The smallest absolute Gasteiger partial charge is 0.282 e. The van der Waals surface area contributed by atoms with Crippen molar-refractivity contribution >= 4 is 22.9 Å². The number of hydrogen-bond donors (Lipinski definition) is 0. The Bertz CT molecular complexity index is 298. The van der Waals surface area contributed by atoms with Gasteiger partial charge in [-0.1, -0.05) is 11.8 Å². The number of rotatable bonds is 2. The predicted molar refractivity (Wildman–Crippen MR) is 61.4 cm³/mol. The molecule has 0 saturated carbocycles. The second kappa shape index (κ2) is 5.05. The molecule has 0 aliphatic carbocycles. The van der Waals surface area contributed by atoms with E-state index in [4.69, 9.17) is 4.74 Å². The van der Waals surface area contributed by atoms with Gasteiger partial charge < -0.3 is 14.5 Å². The maximum absolute atomic E-state index is 11.9. The van der Waals surface area contributed by atoms with Crippen LogP contribution in [-0.4, -0.2) is 65.6 Å². The molecule has 0 bridgehead atoms. The van der Waals surface area contributed by atoms with Gasteiger partial charge in [0.2, 0.25) is 5.91 Å². The van der Waals surface area contributed by atoms with E-state index in [1.54, 1.807) is 9.80 Å². The van der Waals surface area contributed by atoms with Crippen LogP contribution in [-0.2, 0) is 9.53 Å². The van der Waals surface area contributed by atoms with Crippen LogP contribution < -0.4 is 0 Å². The molecule has 2 aliphatic heterocycles. The first kappa shape index (κ1) is 11.7. The highest BCUT2D eigenvalue weighted by Gasteiger charge is 2.27. The standard InChI is InChI=1S/C10H16N2O3S/c1-8-6-11(2-4-15-8)9(13)7-12-3-5-16-10(12)14/h8H,2-7H2,1H3/t8-/m0/s1. The summed E-state index contributed by atoms with van der Waals surface area (Å²) in [6.45, 7) is 4.73. The monoisotopic (exact) mass is 244 g/mol. The van der Waals surface area contributed by atoms with Crippen LogP contribution in [0.15, 0.2) is 0 Å². The van der Waals surface area contributed by atoms with Gasteiger partial charge in [0.25, 0.3) is 5.24 Å². The van der Waals surface area contributed by atoms with Gasteiger partial charge in [0.15, 0.2) is 0 Å². The van der Waals surface area contributed by atoms with Crippen LogP contribution in [0.25, 0.3) is 0 Å². The third kappa shape index (κ3) is 2.68. The fraction of sp³-hybridized carbons (Fsp3) is 0.800. The summed E-state index contributed by atoms with van der Waals surface area (Å²) >= 11 is 1.29. The van der Waals surface area contributed by atoms with Crippen molar-refractivity contribution in [2.75, 3.05) is 38.5 Å². The molecule has 0 aromatic heterocycles. The highest BCUT2D eigenvalue weighted by Crippen LogP contribution is 2.17. The zero-order valence-corrected chi connectivity index (χ0v) is 10.2. The Morgan fingerprint density at radius 1 is 1.56 bits per heavy atom. The Morgan fingerprint density at radius 3 is 3.00 bits per heavy atom. The van der Waals surface area contributed by atoms with Crippen molar-refractivity contribution in [3.05, 3.63) is 0 Å². The lowest BCUT2D eigenvalue weighted by atomic mass is 10.3. The van der Waals surface area contributed by atoms with Gasteiger partial charge in [0.05, 0.1) is 12.7 Å². The van der Waals surface area contributed by atoms with Gasteiger partial charge in [-0.15, -0.1) is 0 Å². The van der Waals surface area contributed by atoms with Crippen molar-refractivity contribution in [2.24, 2.45) is 0 Å². The van der Waals surface area contributed by atoms with E-state index in [1.807, 2.05) is 6.92 Å². The average Bonchev–Trinajstić information content (AvgIpc) is 2.64. The fourth-order valence-electron chi connectivity index (χ4n) is 1.88. The number of carbonyl (C=O) groups is 2. The summed E-state index contributed by atoms with van der Waals surface area (Å²) in [6, 6.07) is 0. The molecular formula is C10H16N2O3S. The van der Waals surface area contributed by atoms with E-state index in [2.05, 4.69) is 0 Å². The van der Waals surface area contributed by atoms with Crippen LogP contribution in [0.5, 0.6) is 0 Å². The molecule has 1 atom stereocenters. The Kier molecular flexibility index (Phi) is 3.70. The molecule has 2 heterocycles. The lowest BCUT2D eigenvalue weighted by molar-refractivity contribution is -0.138. The average molecular weight is 244 g/mol. The minimum atomic E-state index is 0.0228. The molecule has 6 heteroatoms. The van der Waals surface area contributed by atoms with Gasteiger partial charge in [-0.3, -0.25) is 9.59 Å². The number of nitrogens with zero attached hydrogens (tertiary/aromatic N) is 2. The van der Waals surface area contributed by atoms with Crippen LogP contribution in [0.2, 0.25) is 0 Å². The van der Waals surface area contributed by atoms with Gasteiger partial charge in [-0.25, -0.2) is 0 Å². The van der Waals surface area contributed by atoms with Gasteiger partial charge in [0, 0.05) is 25.4 Å². The van der Waals surface area contributed by atoms with Crippen molar-refractivity contribution in [3.63, 3.8) is 0 Å². The maximum Gasteiger partial charge on any atom is 0.282 e. The van der Waals surface area contributed by atoms with Crippen molar-refractivity contribution in [3.8, 4) is 0 Å². The lowest BCUT2D eigenvalue weighted by Gasteiger charge is -2.32. The molecule has 5 nitrogen and oxygen atoms in total. The zero-order chi connectivity index (χ0) is 11.5. The topological polar surface area (TPSA) is 49.9 Å². The molecule has 90 valence electrons. The molecule has 0 aromatic carbocycles. The molecular weight excluding hydrogens is 228 g/mol. The van der Waals surface area contributed by atoms with Crippen LogP contribution in [0.1, 0.15) is 6.92 Å². The molecule has 16 heavy (non-hydrogen) atoms. The number of carbonyl (C=O) groups excluding carboxylic acids is 2. The van der Waals surface area contributed by atoms with E-state index in [1.165, 1.54) is 11.8 Å². The highest BCUT2D eigenvalue weighted by molar-refractivity contribution is 8.13. The highest BCUT2D eigenvalue weighted by atomic mass is 32.2. The van der Waals surface area contributed by atoms with Crippen molar-refractivity contribution < 1.29 is 14.3 Å². The van der Waals surface area contributed by atoms with Crippen molar-refractivity contribution in [1.82, 2.24) is 9.80 Å². The van der Waals surface area contributed by atoms with Gasteiger partial charge in [0.1, 0.15) is 6.54 Å². The zero-order valence-electron chi connectivity index (χ0n) is 9.35. The van der Waals surface area contributed by atoms with Crippen molar-refractivity contribution in [2.45, 2.75) is 13.0 Å². The summed E-state index contributed by atoms with van der Waals surface area (Å²) in [4.78, 5) is 26.7. The molecule has 0 aromatic rings. The maximum atomic E-state index is 11.9. The van der Waals surface area contributed by atoms with Gasteiger partial charge in [-0.2, -0.15) is 0 Å². The Morgan fingerprint density at radius 2 is 2.38 bits per heavy atom. The van der Waals surface area contributed by atoms with Gasteiger partial charge >= 0.3 is 0 Å². The summed E-state index contributed by atoms with van der Waals surface area (Å²) in [5.41, 5.74) is 0. The van der Waals surface area contributed by atoms with E-state index in [0.717, 1.165) is 5.75 Å². The molecule has 2 rings (SSSR count). The van der Waals surface area contributed by atoms with E-state index in [-0.39, 0.29) is 23.8 Å². The van der Waals surface area contributed by atoms with Crippen LogP contribution >= 0.6 is 11.8 Å². The molecule has 2 saturated heterocycles. The Labute approximate surface area is 99.1 Å². The lowest BCUT2D eigenvalue weighted by Crippen LogP contribution is -2.48. The Balaban J connectivity index is 1.85. The molecule has 2 aliphatic rings. The normalized spacial score (nSPS) is 26.3. The summed E-state index contributed by atoms with van der Waals surface area (Å²) in [7, 11) is 0. The second-order valence-corrected chi connectivity index (χ2v) is 5.10. The summed E-state index contributed by atoms with van der Waals surface area (Å²) < 4.78 is 5.37. The minimum absolute atomic E-state index is 0.0228. The number of thioether (sulfide) groups is 1. The van der Waals surface area contributed by atoms with Crippen LogP contribution in [0.4, 0.5) is 4.79 Å². The third-order valence-electron chi connectivity index (χ3n) is 2.76. The first-order chi connectivity index (χ1) is 7.66. The first-order valence-electron chi connectivity index (χ1n) is 5.48. The number of morpholine rings is 1. The quantitative estimate of drug-likeness (QED) is 0.705. The third-order valence-corrected chi connectivity index (χ3v) is 3.66. The number of amides is 2. The van der Waals surface area contributed by atoms with Crippen LogP contribution in [0.3, 0.4) is 0 Å². The van der Waals surface area contributed by atoms with E-state index < -0.39 is 0 Å². The largest absolute Gasteiger partial charge is 0.375 e. The van der Waals surface area contributed by atoms with E-state index in [9.17, 15) is 9.59 Å². The molecule has 0 N–H and O–H groups in total. The van der Waals surface area contributed by atoms with Crippen LogP contribution in [0, 0.1) is 0 Å². The first-order valence-corrected chi connectivity index (χ1v) is 6.46. The summed E-state index contributed by atoms with van der Waals surface area (Å²) in [6.07, 6.45) is 0.0985. The SMILES string of the molecule is C[C@H]1CN(C(=O)CN2CCSC2=O)CCO1. The number of ether oxygens (including phenoxy) is 1. The summed E-state index contributed by atoms with van der Waals surface area (Å²) in [5.74, 6) is 0.831. The second-order valence-electron chi connectivity index (χ2n) is 4.06. The minimum Gasteiger partial charge on any atom is -0.375 e. The predicted octanol–water partition coefficient (Wildman–Crippen LogP) is 0.402. The molecule has 0 spiro atoms. The summed E-state index contributed by atoms with van der Waals surface area (Å²) in [5, 5.41) is 0.0228. The molecule has 0 unspecified atom stereocenters. The number of hydrogen-bond acceptors (Lipinski definition) is 4. The Hall–Kier alpha value is -0.750. The fourth-order valence-corrected chi connectivity index (χ4v) is 2.70. The van der Waals surface area contributed by atoms with Gasteiger partial charge in [-0.05, 0) is 6.92 Å².